The zero-order valence-corrected chi connectivity index (χ0v) is 19.6. The molecule has 0 radical (unpaired) electrons. The molecule has 1 aromatic carbocycles. The number of ether oxygens (including phenoxy) is 1. The van der Waals surface area contributed by atoms with E-state index in [4.69, 9.17) is 4.74 Å². The molecule has 33 heavy (non-hydrogen) atoms. The van der Waals surface area contributed by atoms with Crippen LogP contribution >= 0.6 is 0 Å². The van der Waals surface area contributed by atoms with Crippen LogP contribution in [0.4, 0.5) is 0 Å². The van der Waals surface area contributed by atoms with Crippen molar-refractivity contribution in [1.82, 2.24) is 30.1 Å². The number of aromatic nitrogens is 5. The van der Waals surface area contributed by atoms with Crippen LogP contribution in [0.25, 0.3) is 10.9 Å². The Morgan fingerprint density at radius 2 is 2.09 bits per heavy atom. The number of benzene rings is 1. The molecule has 3 rings (SSSR count). The number of tetrazole rings is 1. The second-order valence-electron chi connectivity index (χ2n) is 8.45. The van der Waals surface area contributed by atoms with Crippen LogP contribution in [-0.2, 0) is 22.6 Å². The average Bonchev–Trinajstić information content (AvgIpc) is 3.20. The van der Waals surface area contributed by atoms with Gasteiger partial charge in [-0.15, -0.1) is 5.10 Å². The van der Waals surface area contributed by atoms with Crippen LogP contribution in [0.15, 0.2) is 29.1 Å². The summed E-state index contributed by atoms with van der Waals surface area (Å²) in [7, 11) is 0. The van der Waals surface area contributed by atoms with Crippen molar-refractivity contribution in [3.63, 3.8) is 0 Å². The fourth-order valence-electron chi connectivity index (χ4n) is 4.05. The topological polar surface area (TPSA) is 126 Å². The van der Waals surface area contributed by atoms with E-state index in [9.17, 15) is 14.7 Å². The summed E-state index contributed by atoms with van der Waals surface area (Å²) in [6.45, 7) is 8.89. The third-order valence-corrected chi connectivity index (χ3v) is 5.49. The highest BCUT2D eigenvalue weighted by Gasteiger charge is 2.30. The summed E-state index contributed by atoms with van der Waals surface area (Å²) in [4.78, 5) is 30.0. The molecule has 1 atom stereocenters. The third-order valence-electron chi connectivity index (χ3n) is 5.49. The van der Waals surface area contributed by atoms with E-state index >= 15 is 0 Å². The number of aryl methyl sites for hydroxylation is 1. The number of hydrogen-bond donors (Lipinski definition) is 2. The Morgan fingerprint density at radius 1 is 1.30 bits per heavy atom. The first kappa shape index (κ1) is 24.5. The first-order chi connectivity index (χ1) is 15.8. The number of H-pyrrole nitrogens is 1. The van der Waals surface area contributed by atoms with Gasteiger partial charge in [0.2, 0.25) is 0 Å². The normalized spacial score (nSPS) is 12.6. The van der Waals surface area contributed by atoms with Crippen LogP contribution in [0, 0.1) is 12.8 Å². The smallest absolute Gasteiger partial charge is 0.327 e. The van der Waals surface area contributed by atoms with E-state index in [1.54, 1.807) is 6.92 Å². The molecule has 0 aliphatic rings. The maximum Gasteiger partial charge on any atom is 0.327 e. The summed E-state index contributed by atoms with van der Waals surface area (Å²) in [6.07, 6.45) is 0.521. The summed E-state index contributed by atoms with van der Waals surface area (Å²) >= 11 is 0. The van der Waals surface area contributed by atoms with Gasteiger partial charge in [0.1, 0.15) is 6.54 Å². The van der Waals surface area contributed by atoms with Crippen molar-refractivity contribution in [3.8, 4) is 0 Å². The Labute approximate surface area is 192 Å². The standard InChI is InChI=1S/C23H32N6O4/c1-5-33-20(31)14-29-22(25-26-27-29)21(15(2)3)28(9-6-10-30)13-18-12-17-11-16(4)7-8-19(17)24-23(18)32/h7-8,11-12,15,21,30H,5-6,9-10,13-14H2,1-4H3,(H,24,32). The summed E-state index contributed by atoms with van der Waals surface area (Å²) in [5.74, 6) is 0.165. The van der Waals surface area contributed by atoms with Gasteiger partial charge in [-0.3, -0.25) is 14.5 Å². The Hall–Kier alpha value is -3.11. The van der Waals surface area contributed by atoms with Gasteiger partial charge in [-0.1, -0.05) is 25.5 Å². The number of aromatic amines is 1. The molecule has 0 aliphatic carbocycles. The van der Waals surface area contributed by atoms with Crippen LogP contribution < -0.4 is 5.56 Å². The van der Waals surface area contributed by atoms with Crippen molar-refractivity contribution in [3.05, 3.63) is 51.6 Å². The monoisotopic (exact) mass is 456 g/mol. The average molecular weight is 457 g/mol. The van der Waals surface area contributed by atoms with E-state index < -0.39 is 5.97 Å². The number of carbonyl (C=O) groups excluding carboxylic acids is 1. The maximum atomic E-state index is 12.9. The fourth-order valence-corrected chi connectivity index (χ4v) is 4.05. The molecule has 0 aliphatic heterocycles. The fraction of sp³-hybridized carbons (Fsp3) is 0.522. The SMILES string of the molecule is CCOC(=O)Cn1nnnc1C(C(C)C)N(CCCO)Cc1cc2cc(C)ccc2[nH]c1=O. The number of esters is 1. The van der Waals surface area contributed by atoms with E-state index in [-0.39, 0.29) is 37.3 Å². The van der Waals surface area contributed by atoms with E-state index in [0.29, 0.717) is 30.9 Å². The number of aliphatic hydroxyl groups is 1. The number of pyridine rings is 1. The van der Waals surface area contributed by atoms with Crippen molar-refractivity contribution < 1.29 is 14.6 Å². The maximum absolute atomic E-state index is 12.9. The van der Waals surface area contributed by atoms with Gasteiger partial charge in [0.25, 0.3) is 5.56 Å². The second-order valence-corrected chi connectivity index (χ2v) is 8.45. The van der Waals surface area contributed by atoms with Gasteiger partial charge in [0.15, 0.2) is 5.82 Å². The minimum Gasteiger partial charge on any atom is -0.465 e. The summed E-state index contributed by atoms with van der Waals surface area (Å²) in [5.41, 5.74) is 2.35. The van der Waals surface area contributed by atoms with Crippen LogP contribution in [-0.4, -0.2) is 60.9 Å². The van der Waals surface area contributed by atoms with Gasteiger partial charge in [-0.05, 0) is 60.2 Å². The lowest BCUT2D eigenvalue weighted by Crippen LogP contribution is -2.37. The first-order valence-corrected chi connectivity index (χ1v) is 11.2. The predicted octanol–water partition coefficient (Wildman–Crippen LogP) is 1.97. The lowest BCUT2D eigenvalue weighted by molar-refractivity contribution is -0.144. The Kier molecular flexibility index (Phi) is 8.29. The number of nitrogens with zero attached hydrogens (tertiary/aromatic N) is 5. The lowest BCUT2D eigenvalue weighted by Gasteiger charge is -2.33. The molecule has 0 saturated carbocycles. The molecule has 10 nitrogen and oxygen atoms in total. The summed E-state index contributed by atoms with van der Waals surface area (Å²) in [5, 5.41) is 22.4. The molecule has 2 N–H and O–H groups in total. The van der Waals surface area contributed by atoms with Crippen molar-refractivity contribution >= 4 is 16.9 Å². The molecule has 0 saturated heterocycles. The predicted molar refractivity (Wildman–Crippen MR) is 123 cm³/mol. The molecule has 178 valence electrons. The van der Waals surface area contributed by atoms with Gasteiger partial charge in [-0.2, -0.15) is 0 Å². The van der Waals surface area contributed by atoms with E-state index in [2.05, 4.69) is 25.4 Å². The van der Waals surface area contributed by atoms with Crippen molar-refractivity contribution in [2.45, 2.75) is 53.2 Å². The molecule has 0 amide bonds. The van der Waals surface area contributed by atoms with Crippen molar-refractivity contribution in [2.75, 3.05) is 19.8 Å². The molecule has 0 fully saturated rings. The molecule has 10 heteroatoms. The van der Waals surface area contributed by atoms with Crippen molar-refractivity contribution in [1.29, 1.82) is 0 Å². The summed E-state index contributed by atoms with van der Waals surface area (Å²) in [6, 6.07) is 7.52. The number of hydrogen-bond acceptors (Lipinski definition) is 8. The number of rotatable bonds is 11. The van der Waals surface area contributed by atoms with Gasteiger partial charge < -0.3 is 14.8 Å². The highest BCUT2D eigenvalue weighted by molar-refractivity contribution is 5.79. The van der Waals surface area contributed by atoms with Gasteiger partial charge >= 0.3 is 5.97 Å². The number of fused-ring (bicyclic) bond motifs is 1. The van der Waals surface area contributed by atoms with Gasteiger partial charge in [0, 0.05) is 30.8 Å². The second kappa shape index (κ2) is 11.2. The van der Waals surface area contributed by atoms with Gasteiger partial charge in [0.05, 0.1) is 12.6 Å². The van der Waals surface area contributed by atoms with Crippen LogP contribution in [0.3, 0.4) is 0 Å². The minimum atomic E-state index is -0.420. The molecule has 2 aromatic heterocycles. The van der Waals surface area contributed by atoms with Crippen molar-refractivity contribution in [2.24, 2.45) is 5.92 Å². The number of carbonyl (C=O) groups is 1. The zero-order chi connectivity index (χ0) is 24.0. The first-order valence-electron chi connectivity index (χ1n) is 11.2. The van der Waals surface area contributed by atoms with Crippen LogP contribution in [0.1, 0.15) is 50.2 Å². The quantitative estimate of drug-likeness (QED) is 0.420. The molecule has 0 spiro atoms. The highest BCUT2D eigenvalue weighted by atomic mass is 16.5. The van der Waals surface area contributed by atoms with Gasteiger partial charge in [-0.25, -0.2) is 4.68 Å². The molecule has 1 unspecified atom stereocenters. The van der Waals surface area contributed by atoms with E-state index in [0.717, 1.165) is 16.5 Å². The molecule has 2 heterocycles. The molecule has 3 aromatic rings. The summed E-state index contributed by atoms with van der Waals surface area (Å²) < 4.78 is 6.50. The largest absolute Gasteiger partial charge is 0.465 e. The van der Waals surface area contributed by atoms with Crippen LogP contribution in [0.5, 0.6) is 0 Å². The number of nitrogens with one attached hydrogen (secondary N) is 1. The number of aliphatic hydroxyl groups excluding tert-OH is 1. The highest BCUT2D eigenvalue weighted by Crippen LogP contribution is 2.28. The molecular weight excluding hydrogens is 424 g/mol. The minimum absolute atomic E-state index is 0.0162. The lowest BCUT2D eigenvalue weighted by atomic mass is 10.00. The van der Waals surface area contributed by atoms with Crippen LogP contribution in [0.2, 0.25) is 0 Å². The molecule has 0 bridgehead atoms. The van der Waals surface area contributed by atoms with E-state index in [1.165, 1.54) is 4.68 Å². The Bertz CT molecular complexity index is 1140. The third kappa shape index (κ3) is 6.02. The zero-order valence-electron chi connectivity index (χ0n) is 19.6. The molecular formula is C23H32N6O4. The Balaban J connectivity index is 1.98. The van der Waals surface area contributed by atoms with E-state index in [1.807, 2.05) is 45.0 Å². The Morgan fingerprint density at radius 3 is 2.79 bits per heavy atom.